The molecule has 0 spiro atoms. The fourth-order valence-corrected chi connectivity index (χ4v) is 2.49. The van der Waals surface area contributed by atoms with Crippen LogP contribution in [0.5, 0.6) is 5.75 Å². The maximum Gasteiger partial charge on any atom is 0.260 e. The van der Waals surface area contributed by atoms with Crippen molar-refractivity contribution in [2.45, 2.75) is 51.7 Å². The van der Waals surface area contributed by atoms with Gasteiger partial charge in [0.2, 0.25) is 0 Å². The Morgan fingerprint density at radius 1 is 1.55 bits per heavy atom. The van der Waals surface area contributed by atoms with E-state index in [0.29, 0.717) is 6.54 Å². The Kier molecular flexibility index (Phi) is 5.01. The summed E-state index contributed by atoms with van der Waals surface area (Å²) >= 11 is 0. The van der Waals surface area contributed by atoms with E-state index in [1.807, 2.05) is 18.2 Å². The molecule has 1 aromatic rings. The first-order chi connectivity index (χ1) is 9.61. The lowest BCUT2D eigenvalue weighted by Gasteiger charge is -2.15. The minimum atomic E-state index is -0.472. The molecule has 1 amide bonds. The Hall–Kier alpha value is -1.55. The zero-order valence-corrected chi connectivity index (χ0v) is 12.3. The van der Waals surface area contributed by atoms with Crippen LogP contribution in [0.2, 0.25) is 0 Å². The molecule has 0 fully saturated rings. The number of carbonyl (C=O) groups is 1. The molecule has 1 aliphatic carbocycles. The Labute approximate surface area is 120 Å². The van der Waals surface area contributed by atoms with Gasteiger partial charge in [-0.25, -0.2) is 0 Å². The van der Waals surface area contributed by atoms with Gasteiger partial charge in [-0.15, -0.1) is 0 Å². The SMILES string of the molecule is CCCCNC(=O)C(C)Oc1ccc2c(c1)CC[C@H]2N. The van der Waals surface area contributed by atoms with E-state index in [-0.39, 0.29) is 11.9 Å². The van der Waals surface area contributed by atoms with Crippen molar-refractivity contribution in [2.24, 2.45) is 5.73 Å². The molecule has 1 unspecified atom stereocenters. The van der Waals surface area contributed by atoms with E-state index < -0.39 is 6.10 Å². The third-order valence-electron chi connectivity index (χ3n) is 3.75. The van der Waals surface area contributed by atoms with Gasteiger partial charge in [-0.2, -0.15) is 0 Å². The van der Waals surface area contributed by atoms with Gasteiger partial charge in [-0.05, 0) is 49.4 Å². The molecule has 0 aromatic heterocycles. The van der Waals surface area contributed by atoms with Crippen LogP contribution in [0.4, 0.5) is 0 Å². The molecule has 0 saturated carbocycles. The number of nitrogens with one attached hydrogen (secondary N) is 1. The van der Waals surface area contributed by atoms with Crippen LogP contribution in [0.3, 0.4) is 0 Å². The molecule has 0 aliphatic heterocycles. The van der Waals surface area contributed by atoms with Crippen molar-refractivity contribution >= 4 is 5.91 Å². The second-order valence-corrected chi connectivity index (χ2v) is 5.41. The predicted molar refractivity (Wildman–Crippen MR) is 79.7 cm³/mol. The number of ether oxygens (including phenoxy) is 1. The van der Waals surface area contributed by atoms with Gasteiger partial charge >= 0.3 is 0 Å². The van der Waals surface area contributed by atoms with E-state index in [1.54, 1.807) is 6.92 Å². The van der Waals surface area contributed by atoms with E-state index in [0.717, 1.165) is 31.4 Å². The molecule has 3 N–H and O–H groups in total. The molecule has 1 aromatic carbocycles. The van der Waals surface area contributed by atoms with Crippen LogP contribution < -0.4 is 15.8 Å². The topological polar surface area (TPSA) is 64.3 Å². The lowest BCUT2D eigenvalue weighted by Crippen LogP contribution is -2.36. The molecule has 0 radical (unpaired) electrons. The van der Waals surface area contributed by atoms with Crippen LogP contribution in [-0.2, 0) is 11.2 Å². The van der Waals surface area contributed by atoms with Crippen molar-refractivity contribution in [3.63, 3.8) is 0 Å². The van der Waals surface area contributed by atoms with Crippen molar-refractivity contribution in [2.75, 3.05) is 6.54 Å². The van der Waals surface area contributed by atoms with E-state index in [4.69, 9.17) is 10.5 Å². The Balaban J connectivity index is 1.91. The van der Waals surface area contributed by atoms with E-state index in [1.165, 1.54) is 11.1 Å². The van der Waals surface area contributed by atoms with Gasteiger partial charge in [0.25, 0.3) is 5.91 Å². The van der Waals surface area contributed by atoms with E-state index in [2.05, 4.69) is 12.2 Å². The molecular weight excluding hydrogens is 252 g/mol. The monoisotopic (exact) mass is 276 g/mol. The molecule has 4 heteroatoms. The van der Waals surface area contributed by atoms with Crippen LogP contribution in [0.25, 0.3) is 0 Å². The van der Waals surface area contributed by atoms with Gasteiger partial charge in [-0.1, -0.05) is 19.4 Å². The number of rotatable bonds is 6. The molecule has 4 nitrogen and oxygen atoms in total. The van der Waals surface area contributed by atoms with Crippen LogP contribution in [0.15, 0.2) is 18.2 Å². The molecule has 0 heterocycles. The summed E-state index contributed by atoms with van der Waals surface area (Å²) in [6.45, 7) is 4.59. The summed E-state index contributed by atoms with van der Waals surface area (Å²) in [6.07, 6.45) is 3.58. The summed E-state index contributed by atoms with van der Waals surface area (Å²) in [5.41, 5.74) is 8.46. The van der Waals surface area contributed by atoms with E-state index in [9.17, 15) is 4.79 Å². The highest BCUT2D eigenvalue weighted by Crippen LogP contribution is 2.32. The van der Waals surface area contributed by atoms with Crippen molar-refractivity contribution in [3.05, 3.63) is 29.3 Å². The summed E-state index contributed by atoms with van der Waals surface area (Å²) in [6, 6.07) is 6.08. The highest BCUT2D eigenvalue weighted by Gasteiger charge is 2.20. The van der Waals surface area contributed by atoms with Crippen molar-refractivity contribution in [1.29, 1.82) is 0 Å². The van der Waals surface area contributed by atoms with Gasteiger partial charge in [0.05, 0.1) is 0 Å². The first-order valence-corrected chi connectivity index (χ1v) is 7.44. The summed E-state index contributed by atoms with van der Waals surface area (Å²) in [5, 5.41) is 2.88. The van der Waals surface area contributed by atoms with E-state index >= 15 is 0 Å². The first-order valence-electron chi connectivity index (χ1n) is 7.44. The Bertz CT molecular complexity index is 474. The van der Waals surface area contributed by atoms with Gasteiger partial charge in [0.15, 0.2) is 6.10 Å². The Morgan fingerprint density at radius 3 is 3.10 bits per heavy atom. The van der Waals surface area contributed by atoms with Crippen LogP contribution in [-0.4, -0.2) is 18.6 Å². The predicted octanol–water partition coefficient (Wildman–Crippen LogP) is 2.32. The average Bonchev–Trinajstić information content (AvgIpc) is 2.80. The van der Waals surface area contributed by atoms with Gasteiger partial charge in [-0.3, -0.25) is 4.79 Å². The smallest absolute Gasteiger partial charge is 0.260 e. The lowest BCUT2D eigenvalue weighted by atomic mass is 10.1. The maximum absolute atomic E-state index is 11.9. The number of carbonyl (C=O) groups excluding carboxylic acids is 1. The average molecular weight is 276 g/mol. The van der Waals surface area contributed by atoms with Gasteiger partial charge in [0, 0.05) is 12.6 Å². The quantitative estimate of drug-likeness (QED) is 0.784. The fourth-order valence-electron chi connectivity index (χ4n) is 2.49. The van der Waals surface area contributed by atoms with Crippen LogP contribution in [0, 0.1) is 0 Å². The van der Waals surface area contributed by atoms with Crippen LogP contribution in [0.1, 0.15) is 50.3 Å². The number of fused-ring (bicyclic) bond motifs is 1. The standard InChI is InChI=1S/C16H24N2O2/c1-3-4-9-18-16(19)11(2)20-13-6-7-14-12(10-13)5-8-15(14)17/h6-7,10-11,15H,3-5,8-9,17H2,1-2H3,(H,18,19)/t11?,15-/m1/s1. The normalized spacial score (nSPS) is 18.4. The third-order valence-corrected chi connectivity index (χ3v) is 3.75. The summed E-state index contributed by atoms with van der Waals surface area (Å²) < 4.78 is 5.71. The largest absolute Gasteiger partial charge is 0.481 e. The zero-order valence-electron chi connectivity index (χ0n) is 12.3. The number of hydrogen-bond donors (Lipinski definition) is 2. The van der Waals surface area contributed by atoms with Gasteiger partial charge in [0.1, 0.15) is 5.75 Å². The summed E-state index contributed by atoms with van der Waals surface area (Å²) in [4.78, 5) is 11.9. The number of amides is 1. The second kappa shape index (κ2) is 6.75. The van der Waals surface area contributed by atoms with Gasteiger partial charge < -0.3 is 15.8 Å². The summed E-state index contributed by atoms with van der Waals surface area (Å²) in [5.74, 6) is 0.687. The minimum Gasteiger partial charge on any atom is -0.481 e. The van der Waals surface area contributed by atoms with Crippen molar-refractivity contribution in [3.8, 4) is 5.75 Å². The maximum atomic E-state index is 11.9. The molecule has 20 heavy (non-hydrogen) atoms. The number of hydrogen-bond acceptors (Lipinski definition) is 3. The molecule has 1 aliphatic rings. The molecule has 0 bridgehead atoms. The fraction of sp³-hybridized carbons (Fsp3) is 0.562. The molecule has 0 saturated heterocycles. The van der Waals surface area contributed by atoms with Crippen LogP contribution >= 0.6 is 0 Å². The third kappa shape index (κ3) is 3.51. The number of aryl methyl sites for hydroxylation is 1. The second-order valence-electron chi connectivity index (χ2n) is 5.41. The first kappa shape index (κ1) is 14.9. The molecule has 2 rings (SSSR count). The number of benzene rings is 1. The lowest BCUT2D eigenvalue weighted by molar-refractivity contribution is -0.127. The molecular formula is C16H24N2O2. The highest BCUT2D eigenvalue weighted by molar-refractivity contribution is 5.80. The molecule has 2 atom stereocenters. The Morgan fingerprint density at radius 2 is 2.35 bits per heavy atom. The zero-order chi connectivity index (χ0) is 14.5. The van der Waals surface area contributed by atoms with Crippen molar-refractivity contribution < 1.29 is 9.53 Å². The summed E-state index contributed by atoms with van der Waals surface area (Å²) in [7, 11) is 0. The number of unbranched alkanes of at least 4 members (excludes halogenated alkanes) is 1. The van der Waals surface area contributed by atoms with Crippen molar-refractivity contribution in [1.82, 2.24) is 5.32 Å². The molecule has 110 valence electrons. The number of nitrogens with two attached hydrogens (primary N) is 1. The minimum absolute atomic E-state index is 0.0596. The highest BCUT2D eigenvalue weighted by atomic mass is 16.5.